The first-order chi connectivity index (χ1) is 10.3. The van der Waals surface area contributed by atoms with Crippen LogP contribution >= 0.6 is 11.8 Å². The lowest BCUT2D eigenvalue weighted by atomic mass is 10.3. The second-order valence-electron chi connectivity index (χ2n) is 4.06. The summed E-state index contributed by atoms with van der Waals surface area (Å²) in [5.74, 6) is 0.635. The molecule has 0 aliphatic carbocycles. The van der Waals surface area contributed by atoms with Crippen LogP contribution in [0, 0.1) is 0 Å². The van der Waals surface area contributed by atoms with Gasteiger partial charge in [-0.05, 0) is 22.6 Å². The number of rotatable bonds is 5. The summed E-state index contributed by atoms with van der Waals surface area (Å²) in [6.45, 7) is -0.0284. The molecule has 0 saturated heterocycles. The van der Waals surface area contributed by atoms with Crippen LogP contribution in [0.5, 0.6) is 0 Å². The van der Waals surface area contributed by atoms with E-state index in [1.165, 1.54) is 23.6 Å². The Morgan fingerprint density at radius 3 is 3.10 bits per heavy atom. The van der Waals surface area contributed by atoms with Crippen molar-refractivity contribution in [2.45, 2.75) is 17.5 Å². The largest absolute Gasteiger partial charge is 0.468 e. The number of carbonyl (C=O) groups is 1. The molecule has 0 fully saturated rings. The number of methoxy groups -OCH3 is 1. The van der Waals surface area contributed by atoms with Gasteiger partial charge < -0.3 is 9.15 Å². The van der Waals surface area contributed by atoms with Crippen LogP contribution in [-0.4, -0.2) is 38.3 Å². The van der Waals surface area contributed by atoms with Gasteiger partial charge in [0.2, 0.25) is 11.0 Å². The van der Waals surface area contributed by atoms with Crippen molar-refractivity contribution in [2.75, 3.05) is 7.11 Å². The Morgan fingerprint density at radius 1 is 1.43 bits per heavy atom. The molecular formula is C12H11N5O3S. The van der Waals surface area contributed by atoms with Gasteiger partial charge in [-0.2, -0.15) is 0 Å². The molecule has 0 amide bonds. The zero-order valence-corrected chi connectivity index (χ0v) is 11.9. The Balaban J connectivity index is 1.70. The van der Waals surface area contributed by atoms with Crippen molar-refractivity contribution in [1.82, 2.24) is 25.2 Å². The number of aromatic nitrogens is 5. The third kappa shape index (κ3) is 3.02. The lowest BCUT2D eigenvalue weighted by molar-refractivity contribution is -0.141. The molecule has 9 heteroatoms. The number of benzene rings is 1. The predicted octanol–water partition coefficient (Wildman–Crippen LogP) is 1.28. The number of oxazole rings is 1. The van der Waals surface area contributed by atoms with E-state index in [9.17, 15) is 4.79 Å². The first kappa shape index (κ1) is 13.6. The number of tetrazole rings is 1. The first-order valence-corrected chi connectivity index (χ1v) is 7.05. The second kappa shape index (κ2) is 5.92. The van der Waals surface area contributed by atoms with Crippen LogP contribution < -0.4 is 0 Å². The Hall–Kier alpha value is -2.42. The van der Waals surface area contributed by atoms with Gasteiger partial charge in [0, 0.05) is 0 Å². The number of para-hydroxylation sites is 2. The van der Waals surface area contributed by atoms with E-state index >= 15 is 0 Å². The standard InChI is InChI=1S/C12H11N5O3S/c1-19-11(18)6-17-12(14-15-16-17)21-7-10-13-8-4-2-3-5-9(8)20-10/h2-5H,6-7H2,1H3. The highest BCUT2D eigenvalue weighted by Gasteiger charge is 2.13. The normalized spacial score (nSPS) is 10.9. The summed E-state index contributed by atoms with van der Waals surface area (Å²) >= 11 is 1.34. The van der Waals surface area contributed by atoms with Gasteiger partial charge in [-0.15, -0.1) is 5.10 Å². The SMILES string of the molecule is COC(=O)Cn1nnnc1SCc1nc2ccccc2o1. The molecule has 0 aliphatic rings. The number of ether oxygens (including phenoxy) is 1. The van der Waals surface area contributed by atoms with E-state index in [0.29, 0.717) is 16.8 Å². The molecule has 8 nitrogen and oxygen atoms in total. The third-order valence-corrected chi connectivity index (χ3v) is 3.61. The van der Waals surface area contributed by atoms with E-state index in [1.807, 2.05) is 24.3 Å². The summed E-state index contributed by atoms with van der Waals surface area (Å²) in [5, 5.41) is 11.7. The summed E-state index contributed by atoms with van der Waals surface area (Å²) in [6.07, 6.45) is 0. The second-order valence-corrected chi connectivity index (χ2v) is 5.00. The lowest BCUT2D eigenvalue weighted by Gasteiger charge is -2.01. The number of hydrogen-bond acceptors (Lipinski definition) is 8. The number of carbonyl (C=O) groups excluding carboxylic acids is 1. The molecule has 0 radical (unpaired) electrons. The van der Waals surface area contributed by atoms with E-state index < -0.39 is 5.97 Å². The van der Waals surface area contributed by atoms with Crippen LogP contribution in [0.3, 0.4) is 0 Å². The Labute approximate surface area is 123 Å². The summed E-state index contributed by atoms with van der Waals surface area (Å²) in [4.78, 5) is 15.6. The Morgan fingerprint density at radius 2 is 2.29 bits per heavy atom. The van der Waals surface area contributed by atoms with Crippen molar-refractivity contribution in [2.24, 2.45) is 0 Å². The fraction of sp³-hybridized carbons (Fsp3) is 0.250. The topological polar surface area (TPSA) is 95.9 Å². The molecule has 3 aromatic rings. The quantitative estimate of drug-likeness (QED) is 0.514. The summed E-state index contributed by atoms with van der Waals surface area (Å²) < 4.78 is 11.6. The summed E-state index contributed by atoms with van der Waals surface area (Å²) in [7, 11) is 1.32. The number of thioether (sulfide) groups is 1. The van der Waals surface area contributed by atoms with E-state index in [0.717, 1.165) is 11.1 Å². The van der Waals surface area contributed by atoms with Crippen LogP contribution in [0.25, 0.3) is 11.1 Å². The van der Waals surface area contributed by atoms with Crippen LogP contribution in [-0.2, 0) is 21.8 Å². The van der Waals surface area contributed by atoms with Crippen LogP contribution in [0.15, 0.2) is 33.8 Å². The zero-order chi connectivity index (χ0) is 14.7. The molecule has 0 atom stereocenters. The van der Waals surface area contributed by atoms with Gasteiger partial charge in [0.1, 0.15) is 12.1 Å². The number of fused-ring (bicyclic) bond motifs is 1. The number of nitrogens with zero attached hydrogens (tertiary/aromatic N) is 5. The van der Waals surface area contributed by atoms with Crippen LogP contribution in [0.4, 0.5) is 0 Å². The molecule has 0 saturated carbocycles. The molecule has 3 rings (SSSR count). The molecule has 0 spiro atoms. The summed E-state index contributed by atoms with van der Waals surface area (Å²) in [6, 6.07) is 7.53. The average molecular weight is 305 g/mol. The fourth-order valence-corrected chi connectivity index (χ4v) is 2.41. The number of hydrogen-bond donors (Lipinski definition) is 0. The fourth-order valence-electron chi connectivity index (χ4n) is 1.69. The van der Waals surface area contributed by atoms with Gasteiger partial charge in [0.15, 0.2) is 5.58 Å². The van der Waals surface area contributed by atoms with Gasteiger partial charge in [-0.1, -0.05) is 23.9 Å². The van der Waals surface area contributed by atoms with E-state index in [-0.39, 0.29) is 6.54 Å². The van der Waals surface area contributed by atoms with Crippen molar-refractivity contribution in [1.29, 1.82) is 0 Å². The zero-order valence-electron chi connectivity index (χ0n) is 11.1. The highest BCUT2D eigenvalue weighted by atomic mass is 32.2. The molecule has 2 aromatic heterocycles. The van der Waals surface area contributed by atoms with Crippen molar-refractivity contribution in [3.05, 3.63) is 30.2 Å². The molecular weight excluding hydrogens is 294 g/mol. The van der Waals surface area contributed by atoms with Gasteiger partial charge in [0.05, 0.1) is 12.9 Å². The highest BCUT2D eigenvalue weighted by Crippen LogP contribution is 2.22. The van der Waals surface area contributed by atoms with Crippen molar-refractivity contribution < 1.29 is 13.9 Å². The van der Waals surface area contributed by atoms with Gasteiger partial charge in [0.25, 0.3) is 0 Å². The maximum Gasteiger partial charge on any atom is 0.327 e. The predicted molar refractivity (Wildman–Crippen MR) is 73.4 cm³/mol. The molecule has 2 heterocycles. The molecule has 21 heavy (non-hydrogen) atoms. The lowest BCUT2D eigenvalue weighted by Crippen LogP contribution is -2.13. The van der Waals surface area contributed by atoms with Gasteiger partial charge >= 0.3 is 5.97 Å². The van der Waals surface area contributed by atoms with Gasteiger partial charge in [-0.3, -0.25) is 4.79 Å². The van der Waals surface area contributed by atoms with Crippen molar-refractivity contribution >= 4 is 28.8 Å². The van der Waals surface area contributed by atoms with Gasteiger partial charge in [-0.25, -0.2) is 9.67 Å². The van der Waals surface area contributed by atoms with Crippen molar-refractivity contribution in [3.8, 4) is 0 Å². The molecule has 0 N–H and O–H groups in total. The maximum atomic E-state index is 11.2. The minimum Gasteiger partial charge on any atom is -0.468 e. The Bertz CT molecular complexity index is 736. The minimum atomic E-state index is -0.411. The van der Waals surface area contributed by atoms with E-state index in [2.05, 4.69) is 25.2 Å². The first-order valence-electron chi connectivity index (χ1n) is 6.06. The Kier molecular flexibility index (Phi) is 3.82. The van der Waals surface area contributed by atoms with E-state index in [4.69, 9.17) is 4.42 Å². The molecule has 0 unspecified atom stereocenters. The van der Waals surface area contributed by atoms with E-state index in [1.54, 1.807) is 0 Å². The van der Waals surface area contributed by atoms with Crippen molar-refractivity contribution in [3.63, 3.8) is 0 Å². The smallest absolute Gasteiger partial charge is 0.327 e. The molecule has 0 bridgehead atoms. The highest BCUT2D eigenvalue weighted by molar-refractivity contribution is 7.98. The molecule has 0 aliphatic heterocycles. The van der Waals surface area contributed by atoms with Crippen LogP contribution in [0.1, 0.15) is 5.89 Å². The monoisotopic (exact) mass is 305 g/mol. The maximum absolute atomic E-state index is 11.2. The van der Waals surface area contributed by atoms with Crippen LogP contribution in [0.2, 0.25) is 0 Å². The number of esters is 1. The molecule has 108 valence electrons. The molecule has 1 aromatic carbocycles. The third-order valence-electron chi connectivity index (χ3n) is 2.67. The summed E-state index contributed by atoms with van der Waals surface area (Å²) in [5.41, 5.74) is 1.55. The minimum absolute atomic E-state index is 0.0284. The average Bonchev–Trinajstić information content (AvgIpc) is 3.10.